The van der Waals surface area contributed by atoms with Gasteiger partial charge in [0, 0.05) is 11.8 Å². The summed E-state index contributed by atoms with van der Waals surface area (Å²) in [6, 6.07) is 4.36. The molecule has 0 saturated heterocycles. The first-order valence-corrected chi connectivity index (χ1v) is 4.61. The molecule has 1 aromatic heterocycles. The lowest BCUT2D eigenvalue weighted by Gasteiger charge is -2.11. The summed E-state index contributed by atoms with van der Waals surface area (Å²) in [7, 11) is 0. The molecule has 0 amide bonds. The fourth-order valence-electron chi connectivity index (χ4n) is 1.50. The summed E-state index contributed by atoms with van der Waals surface area (Å²) >= 11 is 0. The Kier molecular flexibility index (Phi) is 2.51. The van der Waals surface area contributed by atoms with Crippen molar-refractivity contribution in [3.05, 3.63) is 53.1 Å². The number of H-pyrrole nitrogens is 1. The molecular weight excluding hydrogens is 195 g/mol. The number of aliphatic hydroxyl groups is 1. The lowest BCUT2D eigenvalue weighted by molar-refractivity contribution is 0.219. The average molecular weight is 206 g/mol. The smallest absolute Gasteiger partial charge is 0.123 e. The molecule has 15 heavy (non-hydrogen) atoms. The van der Waals surface area contributed by atoms with E-state index in [1.165, 1.54) is 18.3 Å². The quantitative estimate of drug-likeness (QED) is 0.788. The molecular formula is C11H11FN2O. The Balaban J connectivity index is 2.41. The molecule has 1 heterocycles. The summed E-state index contributed by atoms with van der Waals surface area (Å²) in [6.45, 7) is 1.83. The highest BCUT2D eigenvalue weighted by Gasteiger charge is 2.14. The predicted octanol–water partition coefficient (Wildman–Crippen LogP) is 1.94. The molecule has 2 N–H and O–H groups in total. The summed E-state index contributed by atoms with van der Waals surface area (Å²) in [4.78, 5) is 0. The van der Waals surface area contributed by atoms with Gasteiger partial charge in [-0.2, -0.15) is 5.10 Å². The third-order valence-corrected chi connectivity index (χ3v) is 2.37. The fourth-order valence-corrected chi connectivity index (χ4v) is 1.50. The molecule has 1 atom stereocenters. The van der Waals surface area contributed by atoms with E-state index < -0.39 is 6.10 Å². The van der Waals surface area contributed by atoms with Crippen molar-refractivity contribution in [2.45, 2.75) is 13.0 Å². The summed E-state index contributed by atoms with van der Waals surface area (Å²) in [6.07, 6.45) is 2.28. The normalized spacial score (nSPS) is 12.7. The van der Waals surface area contributed by atoms with E-state index in [1.807, 2.05) is 6.92 Å². The van der Waals surface area contributed by atoms with Gasteiger partial charge in [0.15, 0.2) is 0 Å². The second kappa shape index (κ2) is 3.82. The van der Waals surface area contributed by atoms with Gasteiger partial charge in [0.05, 0.1) is 6.20 Å². The molecule has 3 nitrogen and oxygen atoms in total. The van der Waals surface area contributed by atoms with Crippen LogP contribution < -0.4 is 0 Å². The van der Waals surface area contributed by atoms with E-state index in [2.05, 4.69) is 10.2 Å². The molecule has 0 aliphatic heterocycles. The number of hydrogen-bond acceptors (Lipinski definition) is 2. The van der Waals surface area contributed by atoms with Crippen molar-refractivity contribution in [1.29, 1.82) is 0 Å². The SMILES string of the molecule is Cc1ccc(F)cc1C(O)c1cn[nH]c1. The van der Waals surface area contributed by atoms with Crippen LogP contribution in [0.5, 0.6) is 0 Å². The molecule has 0 aliphatic rings. The number of aromatic amines is 1. The lowest BCUT2D eigenvalue weighted by atomic mass is 10.00. The number of nitrogens with zero attached hydrogens (tertiary/aromatic N) is 1. The Morgan fingerprint density at radius 1 is 1.47 bits per heavy atom. The maximum absolute atomic E-state index is 13.0. The zero-order valence-electron chi connectivity index (χ0n) is 8.24. The van der Waals surface area contributed by atoms with Crippen LogP contribution in [0.2, 0.25) is 0 Å². The Bertz CT molecular complexity index is 454. The van der Waals surface area contributed by atoms with E-state index >= 15 is 0 Å². The highest BCUT2D eigenvalue weighted by atomic mass is 19.1. The van der Waals surface area contributed by atoms with E-state index in [0.29, 0.717) is 11.1 Å². The van der Waals surface area contributed by atoms with Gasteiger partial charge in [0.2, 0.25) is 0 Å². The molecule has 0 spiro atoms. The van der Waals surface area contributed by atoms with Crippen molar-refractivity contribution in [2.24, 2.45) is 0 Å². The molecule has 4 heteroatoms. The standard InChI is InChI=1S/C11H11FN2O/c1-7-2-3-9(12)4-10(7)11(15)8-5-13-14-6-8/h2-6,11,15H,1H3,(H,13,14). The van der Waals surface area contributed by atoms with Gasteiger partial charge in [-0.1, -0.05) is 6.07 Å². The van der Waals surface area contributed by atoms with Crippen molar-refractivity contribution in [2.75, 3.05) is 0 Å². The summed E-state index contributed by atoms with van der Waals surface area (Å²) in [5, 5.41) is 16.3. The summed E-state index contributed by atoms with van der Waals surface area (Å²) in [5.74, 6) is -0.349. The van der Waals surface area contributed by atoms with Crippen LogP contribution in [-0.4, -0.2) is 15.3 Å². The maximum atomic E-state index is 13.0. The van der Waals surface area contributed by atoms with Crippen LogP contribution >= 0.6 is 0 Å². The number of aryl methyl sites for hydroxylation is 1. The topological polar surface area (TPSA) is 48.9 Å². The maximum Gasteiger partial charge on any atom is 0.123 e. The van der Waals surface area contributed by atoms with Crippen LogP contribution in [-0.2, 0) is 0 Å². The first-order chi connectivity index (χ1) is 7.18. The number of hydrogen-bond donors (Lipinski definition) is 2. The van der Waals surface area contributed by atoms with Crippen molar-refractivity contribution in [3.63, 3.8) is 0 Å². The predicted molar refractivity (Wildman–Crippen MR) is 53.8 cm³/mol. The molecule has 0 aliphatic carbocycles. The number of aromatic nitrogens is 2. The van der Waals surface area contributed by atoms with Gasteiger partial charge in [-0.05, 0) is 30.2 Å². The zero-order valence-corrected chi connectivity index (χ0v) is 8.24. The van der Waals surface area contributed by atoms with Crippen LogP contribution in [0.1, 0.15) is 22.8 Å². The largest absolute Gasteiger partial charge is 0.384 e. The third-order valence-electron chi connectivity index (χ3n) is 2.37. The minimum Gasteiger partial charge on any atom is -0.384 e. The van der Waals surface area contributed by atoms with Gasteiger partial charge in [-0.15, -0.1) is 0 Å². The molecule has 2 rings (SSSR count). The molecule has 0 bridgehead atoms. The molecule has 0 saturated carbocycles. The van der Waals surface area contributed by atoms with Crippen LogP contribution in [0.3, 0.4) is 0 Å². The highest BCUT2D eigenvalue weighted by molar-refractivity contribution is 5.33. The number of aliphatic hydroxyl groups excluding tert-OH is 1. The number of halogens is 1. The monoisotopic (exact) mass is 206 g/mol. The average Bonchev–Trinajstić information content (AvgIpc) is 2.74. The number of rotatable bonds is 2. The van der Waals surface area contributed by atoms with Crippen molar-refractivity contribution < 1.29 is 9.50 Å². The highest BCUT2D eigenvalue weighted by Crippen LogP contribution is 2.24. The first-order valence-electron chi connectivity index (χ1n) is 4.61. The van der Waals surface area contributed by atoms with E-state index in [-0.39, 0.29) is 5.82 Å². The molecule has 1 unspecified atom stereocenters. The van der Waals surface area contributed by atoms with Crippen LogP contribution in [0.15, 0.2) is 30.6 Å². The fraction of sp³-hybridized carbons (Fsp3) is 0.182. The minimum atomic E-state index is -0.834. The van der Waals surface area contributed by atoms with Crippen LogP contribution in [0, 0.1) is 12.7 Å². The molecule has 78 valence electrons. The Hall–Kier alpha value is -1.68. The molecule has 0 radical (unpaired) electrons. The molecule has 1 aromatic carbocycles. The number of nitrogens with one attached hydrogen (secondary N) is 1. The summed E-state index contributed by atoms with van der Waals surface area (Å²) < 4.78 is 13.0. The van der Waals surface area contributed by atoms with Crippen LogP contribution in [0.4, 0.5) is 4.39 Å². The zero-order chi connectivity index (χ0) is 10.8. The van der Waals surface area contributed by atoms with Gasteiger partial charge in [0.1, 0.15) is 11.9 Å². The molecule has 0 fully saturated rings. The number of benzene rings is 1. The van der Waals surface area contributed by atoms with E-state index in [1.54, 1.807) is 12.3 Å². The Labute approximate surface area is 86.6 Å². The van der Waals surface area contributed by atoms with Gasteiger partial charge in [0.25, 0.3) is 0 Å². The second-order valence-corrected chi connectivity index (χ2v) is 3.44. The second-order valence-electron chi connectivity index (χ2n) is 3.44. The Morgan fingerprint density at radius 2 is 2.27 bits per heavy atom. The van der Waals surface area contributed by atoms with Gasteiger partial charge >= 0.3 is 0 Å². The van der Waals surface area contributed by atoms with Gasteiger partial charge in [-0.3, -0.25) is 5.10 Å². The van der Waals surface area contributed by atoms with E-state index in [4.69, 9.17) is 0 Å². The van der Waals surface area contributed by atoms with Crippen molar-refractivity contribution in [1.82, 2.24) is 10.2 Å². The van der Waals surface area contributed by atoms with E-state index in [0.717, 1.165) is 5.56 Å². The Morgan fingerprint density at radius 3 is 2.93 bits per heavy atom. The van der Waals surface area contributed by atoms with E-state index in [9.17, 15) is 9.50 Å². The van der Waals surface area contributed by atoms with Crippen LogP contribution in [0.25, 0.3) is 0 Å². The lowest BCUT2D eigenvalue weighted by Crippen LogP contribution is -2.01. The van der Waals surface area contributed by atoms with Gasteiger partial charge < -0.3 is 5.11 Å². The minimum absolute atomic E-state index is 0.349. The van der Waals surface area contributed by atoms with Gasteiger partial charge in [-0.25, -0.2) is 4.39 Å². The van der Waals surface area contributed by atoms with Crippen molar-refractivity contribution >= 4 is 0 Å². The summed E-state index contributed by atoms with van der Waals surface area (Å²) in [5.41, 5.74) is 2.05. The van der Waals surface area contributed by atoms with Crippen molar-refractivity contribution in [3.8, 4) is 0 Å². The molecule has 2 aromatic rings. The third kappa shape index (κ3) is 1.89. The first kappa shape index (κ1) is 9.86.